The van der Waals surface area contributed by atoms with Crippen LogP contribution in [0.2, 0.25) is 5.02 Å². The number of aromatic nitrogens is 1. The monoisotopic (exact) mass is 334 g/mol. The van der Waals surface area contributed by atoms with Crippen molar-refractivity contribution in [3.05, 3.63) is 52.8 Å². The quantitative estimate of drug-likeness (QED) is 0.842. The molecule has 0 saturated heterocycles. The average Bonchev–Trinajstić information content (AvgIpc) is 2.58. The van der Waals surface area contributed by atoms with Gasteiger partial charge in [0.15, 0.2) is 11.5 Å². The van der Waals surface area contributed by atoms with Crippen LogP contribution in [-0.4, -0.2) is 24.6 Å². The highest BCUT2D eigenvalue weighted by Gasteiger charge is 2.15. The third-order valence-corrected chi connectivity index (χ3v) is 3.43. The molecule has 1 aromatic carbocycles. The van der Waals surface area contributed by atoms with Gasteiger partial charge in [-0.1, -0.05) is 18.5 Å². The maximum atomic E-state index is 12.3. The molecule has 0 aliphatic carbocycles. The minimum absolute atomic E-state index is 0.232. The summed E-state index contributed by atoms with van der Waals surface area (Å²) in [4.78, 5) is 16.2. The Bertz CT molecular complexity index is 662. The van der Waals surface area contributed by atoms with E-state index in [0.717, 1.165) is 12.0 Å². The molecule has 1 aromatic heterocycles. The van der Waals surface area contributed by atoms with Gasteiger partial charge in [-0.15, -0.1) is 0 Å². The molecular weight excluding hydrogens is 316 g/mol. The molecule has 0 unspecified atom stereocenters. The maximum Gasteiger partial charge on any atom is 0.251 e. The van der Waals surface area contributed by atoms with Crippen LogP contribution in [0.5, 0.6) is 11.5 Å². The van der Waals surface area contributed by atoms with Crippen LogP contribution in [0.4, 0.5) is 0 Å². The molecule has 0 atom stereocenters. The van der Waals surface area contributed by atoms with E-state index in [2.05, 4.69) is 10.3 Å². The van der Waals surface area contributed by atoms with Crippen LogP contribution in [0, 0.1) is 0 Å². The number of hydrogen-bond acceptors (Lipinski definition) is 4. The van der Waals surface area contributed by atoms with Crippen LogP contribution < -0.4 is 14.8 Å². The number of ether oxygens (including phenoxy) is 2. The molecule has 0 radical (unpaired) electrons. The van der Waals surface area contributed by atoms with Crippen molar-refractivity contribution in [2.24, 2.45) is 0 Å². The predicted molar refractivity (Wildman–Crippen MR) is 89.2 cm³/mol. The lowest BCUT2D eigenvalue weighted by Crippen LogP contribution is -2.22. The number of carbonyl (C=O) groups is 1. The van der Waals surface area contributed by atoms with E-state index < -0.39 is 0 Å². The van der Waals surface area contributed by atoms with Gasteiger partial charge in [0.2, 0.25) is 0 Å². The first kappa shape index (κ1) is 17.1. The Morgan fingerprint density at radius 2 is 2.04 bits per heavy atom. The number of rotatable bonds is 7. The summed E-state index contributed by atoms with van der Waals surface area (Å²) in [5.41, 5.74) is 1.39. The normalized spacial score (nSPS) is 10.2. The van der Waals surface area contributed by atoms with Crippen molar-refractivity contribution in [3.63, 3.8) is 0 Å². The first-order chi connectivity index (χ1) is 11.2. The zero-order valence-corrected chi connectivity index (χ0v) is 13.9. The maximum absolute atomic E-state index is 12.3. The molecule has 0 saturated carbocycles. The van der Waals surface area contributed by atoms with Gasteiger partial charge >= 0.3 is 0 Å². The highest BCUT2D eigenvalue weighted by atomic mass is 35.5. The van der Waals surface area contributed by atoms with Crippen LogP contribution in [0.1, 0.15) is 29.3 Å². The van der Waals surface area contributed by atoms with Gasteiger partial charge in [-0.2, -0.15) is 0 Å². The summed E-state index contributed by atoms with van der Waals surface area (Å²) in [5.74, 6) is 0.672. The summed E-state index contributed by atoms with van der Waals surface area (Å²) in [6.07, 6.45) is 4.22. The molecule has 2 rings (SSSR count). The van der Waals surface area contributed by atoms with Gasteiger partial charge in [-0.3, -0.25) is 9.78 Å². The third kappa shape index (κ3) is 4.60. The lowest BCUT2D eigenvalue weighted by molar-refractivity contribution is 0.0950. The summed E-state index contributed by atoms with van der Waals surface area (Å²) >= 11 is 6.22. The molecule has 5 nitrogen and oxygen atoms in total. The third-order valence-electron chi connectivity index (χ3n) is 3.14. The molecule has 0 fully saturated rings. The molecular formula is C17H19ClN2O3. The highest BCUT2D eigenvalue weighted by Crippen LogP contribution is 2.36. The molecule has 1 heterocycles. The SMILES string of the molecule is CCCOc1c(Cl)cc(C(=O)NCc2ccncc2)cc1OC. The minimum atomic E-state index is -0.232. The second-order valence-electron chi connectivity index (χ2n) is 4.88. The number of nitrogens with one attached hydrogen (secondary N) is 1. The van der Waals surface area contributed by atoms with Crippen molar-refractivity contribution >= 4 is 17.5 Å². The molecule has 6 heteroatoms. The summed E-state index contributed by atoms with van der Waals surface area (Å²) in [7, 11) is 1.52. The Labute approximate surface area is 140 Å². The zero-order valence-electron chi connectivity index (χ0n) is 13.1. The molecule has 0 aliphatic heterocycles. The number of amides is 1. The van der Waals surface area contributed by atoms with Gasteiger partial charge < -0.3 is 14.8 Å². The van der Waals surface area contributed by atoms with Crippen molar-refractivity contribution in [1.82, 2.24) is 10.3 Å². The van der Waals surface area contributed by atoms with E-state index in [1.807, 2.05) is 19.1 Å². The number of carbonyl (C=O) groups excluding carboxylic acids is 1. The molecule has 0 aliphatic rings. The smallest absolute Gasteiger partial charge is 0.251 e. The van der Waals surface area contributed by atoms with Crippen LogP contribution >= 0.6 is 11.6 Å². The summed E-state index contributed by atoms with van der Waals surface area (Å²) in [6, 6.07) is 6.89. The van der Waals surface area contributed by atoms with Crippen molar-refractivity contribution in [2.45, 2.75) is 19.9 Å². The van der Waals surface area contributed by atoms with Gasteiger partial charge in [0.25, 0.3) is 5.91 Å². The van der Waals surface area contributed by atoms with Crippen molar-refractivity contribution in [1.29, 1.82) is 0 Å². The Balaban J connectivity index is 2.12. The fraction of sp³-hybridized carbons (Fsp3) is 0.294. The zero-order chi connectivity index (χ0) is 16.7. The minimum Gasteiger partial charge on any atom is -0.493 e. The number of methoxy groups -OCH3 is 1. The van der Waals surface area contributed by atoms with E-state index in [4.69, 9.17) is 21.1 Å². The Kier molecular flexibility index (Phi) is 6.23. The Hall–Kier alpha value is -2.27. The second-order valence-corrected chi connectivity index (χ2v) is 5.28. The van der Waals surface area contributed by atoms with Crippen LogP contribution in [0.25, 0.3) is 0 Å². The lowest BCUT2D eigenvalue weighted by atomic mass is 10.1. The van der Waals surface area contributed by atoms with Crippen LogP contribution in [0.3, 0.4) is 0 Å². The van der Waals surface area contributed by atoms with Gasteiger partial charge in [0.05, 0.1) is 18.7 Å². The highest BCUT2D eigenvalue weighted by molar-refractivity contribution is 6.32. The van der Waals surface area contributed by atoms with E-state index in [9.17, 15) is 4.79 Å². The first-order valence-electron chi connectivity index (χ1n) is 7.33. The van der Waals surface area contributed by atoms with Gasteiger partial charge in [-0.25, -0.2) is 0 Å². The summed E-state index contributed by atoms with van der Waals surface area (Å²) < 4.78 is 10.9. The summed E-state index contributed by atoms with van der Waals surface area (Å²) in [5, 5.41) is 3.19. The van der Waals surface area contributed by atoms with Gasteiger partial charge in [0.1, 0.15) is 0 Å². The fourth-order valence-corrected chi connectivity index (χ4v) is 2.25. The van der Waals surface area contributed by atoms with Crippen molar-refractivity contribution in [2.75, 3.05) is 13.7 Å². The largest absolute Gasteiger partial charge is 0.493 e. The summed E-state index contributed by atoms with van der Waals surface area (Å²) in [6.45, 7) is 2.94. The lowest BCUT2D eigenvalue weighted by Gasteiger charge is -2.13. The standard InChI is InChI=1S/C17H19ClN2O3/c1-3-8-23-16-14(18)9-13(10-15(16)22-2)17(21)20-11-12-4-6-19-7-5-12/h4-7,9-10H,3,8,11H2,1-2H3,(H,20,21). The number of halogens is 1. The van der Waals surface area contributed by atoms with Crippen LogP contribution in [-0.2, 0) is 6.54 Å². The number of hydrogen-bond donors (Lipinski definition) is 1. The Morgan fingerprint density at radius 1 is 1.30 bits per heavy atom. The first-order valence-corrected chi connectivity index (χ1v) is 7.71. The molecule has 0 bridgehead atoms. The van der Waals surface area contributed by atoms with E-state index in [1.165, 1.54) is 7.11 Å². The number of benzene rings is 1. The second kappa shape index (κ2) is 8.39. The molecule has 1 N–H and O–H groups in total. The number of pyridine rings is 1. The van der Waals surface area contributed by atoms with E-state index in [-0.39, 0.29) is 5.91 Å². The molecule has 1 amide bonds. The van der Waals surface area contributed by atoms with Gasteiger partial charge in [-0.05, 0) is 36.2 Å². The molecule has 23 heavy (non-hydrogen) atoms. The molecule has 0 spiro atoms. The van der Waals surface area contributed by atoms with Crippen LogP contribution in [0.15, 0.2) is 36.7 Å². The van der Waals surface area contributed by atoms with Crippen molar-refractivity contribution < 1.29 is 14.3 Å². The van der Waals surface area contributed by atoms with Gasteiger partial charge in [0, 0.05) is 24.5 Å². The molecule has 2 aromatic rings. The van der Waals surface area contributed by atoms with E-state index in [0.29, 0.717) is 35.2 Å². The Morgan fingerprint density at radius 3 is 2.70 bits per heavy atom. The van der Waals surface area contributed by atoms with Crippen molar-refractivity contribution in [3.8, 4) is 11.5 Å². The molecule has 122 valence electrons. The topological polar surface area (TPSA) is 60.5 Å². The fourth-order valence-electron chi connectivity index (χ4n) is 1.98. The average molecular weight is 335 g/mol. The van der Waals surface area contributed by atoms with E-state index in [1.54, 1.807) is 24.5 Å². The number of nitrogens with zero attached hydrogens (tertiary/aromatic N) is 1. The predicted octanol–water partition coefficient (Wildman–Crippen LogP) is 3.46. The van der Waals surface area contributed by atoms with E-state index >= 15 is 0 Å².